The first-order valence-electron chi connectivity index (χ1n) is 5.09. The fourth-order valence-corrected chi connectivity index (χ4v) is 1.45. The molecule has 0 unspecified atom stereocenters. The lowest BCUT2D eigenvalue weighted by Gasteiger charge is -2.08. The van der Waals surface area contributed by atoms with E-state index < -0.39 is 11.9 Å². The van der Waals surface area contributed by atoms with Crippen LogP contribution in [0.5, 0.6) is 0 Å². The number of ether oxygens (including phenoxy) is 3. The van der Waals surface area contributed by atoms with Crippen molar-refractivity contribution in [1.82, 2.24) is 0 Å². The van der Waals surface area contributed by atoms with Gasteiger partial charge in [0.05, 0.1) is 26.4 Å². The van der Waals surface area contributed by atoms with E-state index in [4.69, 9.17) is 16.3 Å². The Balaban J connectivity index is 2.75. The van der Waals surface area contributed by atoms with Gasteiger partial charge in [-0.25, -0.2) is 9.59 Å². The highest BCUT2D eigenvalue weighted by Crippen LogP contribution is 2.18. The fraction of sp³-hybridized carbons (Fsp3) is 0.333. The number of halogens is 1. The predicted molar refractivity (Wildman–Crippen MR) is 64.5 cm³/mol. The number of esters is 2. The third-order valence-corrected chi connectivity index (χ3v) is 2.42. The van der Waals surface area contributed by atoms with Gasteiger partial charge in [-0.05, 0) is 17.7 Å². The second-order valence-corrected chi connectivity index (χ2v) is 3.80. The molecule has 0 heterocycles. The maximum absolute atomic E-state index is 11.5. The monoisotopic (exact) mass is 272 g/mol. The van der Waals surface area contributed by atoms with Crippen LogP contribution in [0.1, 0.15) is 15.9 Å². The Hall–Kier alpha value is -1.59. The molecular weight excluding hydrogens is 260 g/mol. The van der Waals surface area contributed by atoms with Crippen molar-refractivity contribution < 1.29 is 23.8 Å². The molecule has 0 atom stereocenters. The molecule has 0 amide bonds. The van der Waals surface area contributed by atoms with E-state index in [1.165, 1.54) is 20.3 Å². The van der Waals surface area contributed by atoms with E-state index in [0.717, 1.165) is 0 Å². The number of carbonyl (C=O) groups excluding carboxylic acids is 2. The van der Waals surface area contributed by atoms with E-state index in [0.29, 0.717) is 16.1 Å². The van der Waals surface area contributed by atoms with Crippen LogP contribution in [0.25, 0.3) is 0 Å². The van der Waals surface area contributed by atoms with Gasteiger partial charge < -0.3 is 14.2 Å². The number of rotatable bonds is 5. The smallest absolute Gasteiger partial charge is 0.338 e. The molecule has 0 aromatic heterocycles. The molecule has 6 heteroatoms. The zero-order chi connectivity index (χ0) is 13.5. The van der Waals surface area contributed by atoms with Crippen molar-refractivity contribution in [3.8, 4) is 0 Å². The summed E-state index contributed by atoms with van der Waals surface area (Å²) >= 11 is 5.80. The van der Waals surface area contributed by atoms with Crippen molar-refractivity contribution >= 4 is 23.5 Å². The van der Waals surface area contributed by atoms with Crippen LogP contribution >= 0.6 is 11.6 Å². The Bertz CT molecular complexity index is 444. The van der Waals surface area contributed by atoms with E-state index in [2.05, 4.69) is 9.47 Å². The van der Waals surface area contributed by atoms with Crippen molar-refractivity contribution in [1.29, 1.82) is 0 Å². The first-order chi connectivity index (χ1) is 8.58. The maximum atomic E-state index is 11.5. The summed E-state index contributed by atoms with van der Waals surface area (Å²) in [6, 6.07) is 4.76. The molecule has 18 heavy (non-hydrogen) atoms. The summed E-state index contributed by atoms with van der Waals surface area (Å²) in [6.07, 6.45) is 0. The molecule has 0 saturated carbocycles. The van der Waals surface area contributed by atoms with Gasteiger partial charge in [0.2, 0.25) is 0 Å². The molecular formula is C12H13ClO5. The molecule has 0 radical (unpaired) electrons. The number of methoxy groups -OCH3 is 2. The molecule has 0 spiro atoms. The lowest BCUT2D eigenvalue weighted by Crippen LogP contribution is -2.12. The molecule has 1 rings (SSSR count). The van der Waals surface area contributed by atoms with Crippen LogP contribution in [0.4, 0.5) is 0 Å². The second kappa shape index (κ2) is 6.98. The van der Waals surface area contributed by atoms with Crippen LogP contribution in [0.3, 0.4) is 0 Å². The minimum Gasteiger partial charge on any atom is -0.467 e. The highest BCUT2D eigenvalue weighted by atomic mass is 35.5. The largest absolute Gasteiger partial charge is 0.467 e. The predicted octanol–water partition coefficient (Wildman–Crippen LogP) is 1.82. The van der Waals surface area contributed by atoms with Gasteiger partial charge in [-0.1, -0.05) is 17.7 Å². The molecule has 0 fully saturated rings. The Morgan fingerprint density at radius 1 is 1.22 bits per heavy atom. The molecule has 1 aromatic carbocycles. The second-order valence-electron chi connectivity index (χ2n) is 3.36. The zero-order valence-corrected chi connectivity index (χ0v) is 10.8. The van der Waals surface area contributed by atoms with Crippen molar-refractivity contribution in [2.45, 2.75) is 6.61 Å². The third-order valence-electron chi connectivity index (χ3n) is 2.18. The summed E-state index contributed by atoms with van der Waals surface area (Å²) in [4.78, 5) is 22.4. The van der Waals surface area contributed by atoms with Crippen molar-refractivity contribution in [3.63, 3.8) is 0 Å². The van der Waals surface area contributed by atoms with Gasteiger partial charge in [-0.3, -0.25) is 0 Å². The van der Waals surface area contributed by atoms with Crippen LogP contribution in [-0.2, 0) is 25.6 Å². The summed E-state index contributed by atoms with van der Waals surface area (Å²) in [5.74, 6) is -0.988. The lowest BCUT2D eigenvalue weighted by molar-refractivity contribution is -0.146. The van der Waals surface area contributed by atoms with Crippen molar-refractivity contribution in [2.75, 3.05) is 20.8 Å². The van der Waals surface area contributed by atoms with E-state index in [-0.39, 0.29) is 13.2 Å². The average Bonchev–Trinajstić information content (AvgIpc) is 2.39. The van der Waals surface area contributed by atoms with E-state index in [9.17, 15) is 9.59 Å². The molecule has 0 aliphatic rings. The van der Waals surface area contributed by atoms with E-state index >= 15 is 0 Å². The molecule has 0 aliphatic heterocycles. The number of hydrogen-bond acceptors (Lipinski definition) is 5. The Morgan fingerprint density at radius 3 is 2.56 bits per heavy atom. The SMILES string of the molecule is COC(=O)COCc1ccc(Cl)cc1C(=O)OC. The topological polar surface area (TPSA) is 61.8 Å². The van der Waals surface area contributed by atoms with Gasteiger partial charge in [0.15, 0.2) is 0 Å². The minimum absolute atomic E-state index is 0.0940. The summed E-state index contributed by atoms with van der Waals surface area (Å²) in [7, 11) is 2.55. The van der Waals surface area contributed by atoms with Crippen molar-refractivity contribution in [3.05, 3.63) is 34.3 Å². The fourth-order valence-electron chi connectivity index (χ4n) is 1.28. The van der Waals surface area contributed by atoms with Gasteiger partial charge in [0.1, 0.15) is 6.61 Å². The van der Waals surface area contributed by atoms with Gasteiger partial charge in [0, 0.05) is 5.02 Å². The highest BCUT2D eigenvalue weighted by Gasteiger charge is 2.13. The molecule has 0 aliphatic carbocycles. The standard InChI is InChI=1S/C12H13ClO5/c1-16-11(14)7-18-6-8-3-4-9(13)5-10(8)12(15)17-2/h3-5H,6-7H2,1-2H3. The summed E-state index contributed by atoms with van der Waals surface area (Å²) in [6.45, 7) is -0.0869. The first-order valence-corrected chi connectivity index (χ1v) is 5.47. The van der Waals surface area contributed by atoms with E-state index in [1.807, 2.05) is 0 Å². The number of hydrogen-bond donors (Lipinski definition) is 0. The normalized spacial score (nSPS) is 9.94. The van der Waals surface area contributed by atoms with Crippen LogP contribution < -0.4 is 0 Å². The van der Waals surface area contributed by atoms with Crippen LogP contribution in [-0.4, -0.2) is 32.8 Å². The third kappa shape index (κ3) is 4.01. The first kappa shape index (κ1) is 14.5. The molecule has 98 valence electrons. The summed E-state index contributed by atoms with van der Waals surface area (Å²) in [5, 5.41) is 0.423. The van der Waals surface area contributed by atoms with Gasteiger partial charge in [0.25, 0.3) is 0 Å². The molecule has 1 aromatic rings. The van der Waals surface area contributed by atoms with Crippen LogP contribution in [0, 0.1) is 0 Å². The average molecular weight is 273 g/mol. The number of benzene rings is 1. The van der Waals surface area contributed by atoms with Gasteiger partial charge >= 0.3 is 11.9 Å². The summed E-state index contributed by atoms with van der Waals surface area (Å²) in [5.41, 5.74) is 0.907. The molecule has 0 saturated heterocycles. The maximum Gasteiger partial charge on any atom is 0.338 e. The zero-order valence-electron chi connectivity index (χ0n) is 10.1. The van der Waals surface area contributed by atoms with Gasteiger partial charge in [-0.2, -0.15) is 0 Å². The minimum atomic E-state index is -0.505. The van der Waals surface area contributed by atoms with E-state index in [1.54, 1.807) is 12.1 Å². The van der Waals surface area contributed by atoms with Crippen LogP contribution in [0.15, 0.2) is 18.2 Å². The summed E-state index contributed by atoms with van der Waals surface area (Å²) < 4.78 is 14.2. The Labute approximate surface area is 110 Å². The van der Waals surface area contributed by atoms with Crippen LogP contribution in [0.2, 0.25) is 5.02 Å². The Morgan fingerprint density at radius 2 is 1.94 bits per heavy atom. The number of carbonyl (C=O) groups is 2. The highest BCUT2D eigenvalue weighted by molar-refractivity contribution is 6.31. The van der Waals surface area contributed by atoms with Crippen molar-refractivity contribution in [2.24, 2.45) is 0 Å². The molecule has 0 N–H and O–H groups in total. The quantitative estimate of drug-likeness (QED) is 0.765. The lowest BCUT2D eigenvalue weighted by atomic mass is 10.1. The van der Waals surface area contributed by atoms with Gasteiger partial charge in [-0.15, -0.1) is 0 Å². The molecule has 5 nitrogen and oxygen atoms in total. The molecule has 0 bridgehead atoms. The Kier molecular flexibility index (Phi) is 5.61.